The average Bonchev–Trinajstić information content (AvgIpc) is 3.80. The maximum atomic E-state index is 13.3. The number of nitrogens with one attached hydrogen (secondary N) is 3. The number of alkyl halides is 5. The van der Waals surface area contributed by atoms with Crippen molar-refractivity contribution in [2.24, 2.45) is 17.8 Å². The van der Waals surface area contributed by atoms with Crippen LogP contribution in [-0.2, 0) is 14.8 Å². The van der Waals surface area contributed by atoms with Crippen LogP contribution in [0.1, 0.15) is 36.2 Å². The van der Waals surface area contributed by atoms with E-state index in [1.54, 1.807) is 0 Å². The predicted octanol–water partition coefficient (Wildman–Crippen LogP) is 2.84. The van der Waals surface area contributed by atoms with E-state index in [-0.39, 0.29) is 34.3 Å². The zero-order chi connectivity index (χ0) is 28.4. The monoisotopic (exact) mass is 598 g/mol. The van der Waals surface area contributed by atoms with Gasteiger partial charge in [0.05, 0.1) is 5.75 Å². The van der Waals surface area contributed by atoms with Crippen LogP contribution >= 0.6 is 11.8 Å². The molecule has 3 N–H and O–H groups in total. The van der Waals surface area contributed by atoms with Crippen molar-refractivity contribution in [3.05, 3.63) is 24.0 Å². The number of pyridine rings is 1. The molecule has 0 aromatic carbocycles. The summed E-state index contributed by atoms with van der Waals surface area (Å²) in [7, 11) is -4.50. The highest BCUT2D eigenvalue weighted by Gasteiger charge is 2.48. The number of thioether (sulfide) groups is 1. The maximum absolute atomic E-state index is 13.3. The van der Waals surface area contributed by atoms with Gasteiger partial charge in [-0.3, -0.25) is 9.59 Å². The molecule has 0 saturated heterocycles. The van der Waals surface area contributed by atoms with Gasteiger partial charge in [-0.25, -0.2) is 31.5 Å². The predicted molar refractivity (Wildman–Crippen MR) is 125 cm³/mol. The number of sulfonamides is 1. The molecule has 214 valence electrons. The largest absolute Gasteiger partial charge is 0.402 e. The van der Waals surface area contributed by atoms with E-state index in [2.05, 4.69) is 30.6 Å². The zero-order valence-electron chi connectivity index (χ0n) is 20.0. The smallest absolute Gasteiger partial charge is 0.338 e. The van der Waals surface area contributed by atoms with Gasteiger partial charge in [-0.1, -0.05) is 11.8 Å². The van der Waals surface area contributed by atoms with Crippen molar-refractivity contribution in [3.63, 3.8) is 0 Å². The third-order valence-electron chi connectivity index (χ3n) is 6.07. The van der Waals surface area contributed by atoms with Gasteiger partial charge in [0.2, 0.25) is 28.0 Å². The van der Waals surface area contributed by atoms with Crippen molar-refractivity contribution in [2.45, 2.75) is 54.2 Å². The fourth-order valence-corrected chi connectivity index (χ4v) is 5.67. The van der Waals surface area contributed by atoms with Crippen LogP contribution < -0.4 is 15.4 Å². The van der Waals surface area contributed by atoms with Crippen LogP contribution in [0.2, 0.25) is 0 Å². The zero-order valence-corrected chi connectivity index (χ0v) is 21.6. The van der Waals surface area contributed by atoms with Gasteiger partial charge >= 0.3 is 6.18 Å². The van der Waals surface area contributed by atoms with E-state index in [0.29, 0.717) is 11.8 Å². The summed E-state index contributed by atoms with van der Waals surface area (Å²) in [4.78, 5) is 29.6. The van der Waals surface area contributed by atoms with E-state index in [1.165, 1.54) is 4.72 Å². The maximum Gasteiger partial charge on any atom is 0.402 e. The summed E-state index contributed by atoms with van der Waals surface area (Å²) < 4.78 is 92.5. The second-order valence-electron chi connectivity index (χ2n) is 9.13. The number of carbonyl (C=O) groups excluding carboxylic acids is 2. The van der Waals surface area contributed by atoms with Crippen molar-refractivity contribution < 1.29 is 44.6 Å². The van der Waals surface area contributed by atoms with E-state index in [1.807, 2.05) is 0 Å². The van der Waals surface area contributed by atoms with Gasteiger partial charge in [0.25, 0.3) is 5.91 Å². The summed E-state index contributed by atoms with van der Waals surface area (Å²) in [5.41, 5.74) is -0.345. The van der Waals surface area contributed by atoms with E-state index in [0.717, 1.165) is 44.0 Å². The molecule has 0 radical (unpaired) electrons. The number of aromatic nitrogens is 3. The number of hydrogen-bond donors (Lipinski definition) is 3. The summed E-state index contributed by atoms with van der Waals surface area (Å²) in [5.74, 6) is -2.12. The van der Waals surface area contributed by atoms with Gasteiger partial charge in [-0.05, 0) is 65.9 Å². The molecule has 2 amide bonds. The second-order valence-corrected chi connectivity index (χ2v) is 11.9. The first-order valence-electron chi connectivity index (χ1n) is 11.7. The molecule has 1 atom stereocenters. The first-order valence-corrected chi connectivity index (χ1v) is 14.2. The molecule has 4 rings (SSSR count). The van der Waals surface area contributed by atoms with Gasteiger partial charge in [0.1, 0.15) is 23.3 Å². The van der Waals surface area contributed by atoms with Crippen molar-refractivity contribution in [3.8, 4) is 0 Å². The Bertz CT molecular complexity index is 1270. The first-order chi connectivity index (χ1) is 18.3. The normalized spacial score (nSPS) is 16.9. The van der Waals surface area contributed by atoms with E-state index >= 15 is 0 Å². The Morgan fingerprint density at radius 2 is 1.77 bits per heavy atom. The van der Waals surface area contributed by atoms with E-state index in [9.17, 15) is 40.0 Å². The molecule has 2 aliphatic rings. The third-order valence-corrected chi connectivity index (χ3v) is 8.41. The van der Waals surface area contributed by atoms with Crippen molar-refractivity contribution in [2.75, 3.05) is 17.6 Å². The Morgan fingerprint density at radius 1 is 1.10 bits per heavy atom. The lowest BCUT2D eigenvalue weighted by Gasteiger charge is -2.27. The lowest BCUT2D eigenvalue weighted by Crippen LogP contribution is -2.50. The topological polar surface area (TPSA) is 156 Å². The number of rotatable bonds is 13. The van der Waals surface area contributed by atoms with Crippen LogP contribution in [0.5, 0.6) is 0 Å². The molecule has 0 spiro atoms. The van der Waals surface area contributed by atoms with Crippen LogP contribution in [0.3, 0.4) is 0 Å². The summed E-state index contributed by atoms with van der Waals surface area (Å²) >= 11 is 0.577. The van der Waals surface area contributed by atoms with Crippen LogP contribution in [0, 0.1) is 17.8 Å². The highest BCUT2D eigenvalue weighted by Crippen LogP contribution is 2.51. The van der Waals surface area contributed by atoms with Crippen LogP contribution in [0.25, 0.3) is 0 Å². The summed E-state index contributed by atoms with van der Waals surface area (Å²) in [6.07, 6.45) is -3.19. The molecule has 39 heavy (non-hydrogen) atoms. The van der Waals surface area contributed by atoms with Crippen molar-refractivity contribution in [1.82, 2.24) is 25.3 Å². The van der Waals surface area contributed by atoms with Crippen molar-refractivity contribution in [1.29, 1.82) is 0 Å². The second kappa shape index (κ2) is 11.7. The Morgan fingerprint density at radius 3 is 2.31 bits per heavy atom. The molecular weight excluding hydrogens is 575 g/mol. The highest BCUT2D eigenvalue weighted by molar-refractivity contribution is 7.99. The minimum absolute atomic E-state index is 0.101. The fraction of sp³-hybridized carbons (Fsp3) is 0.571. The molecule has 18 heteroatoms. The van der Waals surface area contributed by atoms with Crippen molar-refractivity contribution >= 4 is 39.4 Å². The molecular formula is C21H23F5N6O5S2. The van der Waals surface area contributed by atoms with Gasteiger partial charge < -0.3 is 10.6 Å². The molecule has 2 aromatic heterocycles. The highest BCUT2D eigenvalue weighted by atomic mass is 32.2. The quantitative estimate of drug-likeness (QED) is 0.233. The Balaban J connectivity index is 1.48. The number of amides is 2. The Labute approximate surface area is 223 Å². The minimum atomic E-state index is -4.75. The summed E-state index contributed by atoms with van der Waals surface area (Å²) in [5, 5.41) is 11.9. The fourth-order valence-electron chi connectivity index (χ4n) is 4.07. The number of halogens is 5. The minimum Gasteiger partial charge on any atom is -0.338 e. The number of hydrogen-bond acceptors (Lipinski definition) is 9. The Hall–Kier alpha value is -2.86. The Kier molecular flexibility index (Phi) is 8.75. The van der Waals surface area contributed by atoms with Gasteiger partial charge in [0, 0.05) is 6.20 Å². The standard InChI is InChI=1S/C21H23F5N6O5S2/c22-13(23)8-38-20-17(31-37-32-20)19(34)30-16(15(10-1-2-10)11-3-4-11)18(33)29-14-6-5-12(7-27-14)39(35,36)28-9-21(24,25)26/h5-7,10-11,13,15-16,28H,1-4,8-9H2,(H,30,34)(H,27,29,33)/t16-/m0/s1. The van der Waals surface area contributed by atoms with Gasteiger partial charge in [-0.2, -0.15) is 13.2 Å². The molecule has 0 aliphatic heterocycles. The van der Waals surface area contributed by atoms with Gasteiger partial charge in [-0.15, -0.1) is 0 Å². The lowest BCUT2D eigenvalue weighted by atomic mass is 9.88. The SMILES string of the molecule is O=C(N[C@H](C(=O)Nc1ccc(S(=O)(=O)NCC(F)(F)F)cn1)C(C1CC1)C1CC1)c1nonc1SCC(F)F. The molecule has 2 heterocycles. The molecule has 2 aliphatic carbocycles. The molecule has 0 bridgehead atoms. The molecule has 11 nitrogen and oxygen atoms in total. The summed E-state index contributed by atoms with van der Waals surface area (Å²) in [6, 6.07) is 1.01. The summed E-state index contributed by atoms with van der Waals surface area (Å²) in [6.45, 7) is -1.76. The molecule has 2 saturated carbocycles. The lowest BCUT2D eigenvalue weighted by molar-refractivity contribution is -0.121. The van der Waals surface area contributed by atoms with E-state index < -0.39 is 57.7 Å². The number of nitrogens with zero attached hydrogens (tertiary/aromatic N) is 3. The van der Waals surface area contributed by atoms with Crippen LogP contribution in [0.4, 0.5) is 27.8 Å². The molecule has 0 unspecified atom stereocenters. The van der Waals surface area contributed by atoms with Crippen LogP contribution in [-0.4, -0.2) is 66.5 Å². The molecule has 2 aromatic rings. The average molecular weight is 599 g/mol. The number of carbonyl (C=O) groups is 2. The third kappa shape index (κ3) is 8.07. The number of anilines is 1. The molecule has 2 fully saturated rings. The first kappa shape index (κ1) is 29.1. The van der Waals surface area contributed by atoms with E-state index in [4.69, 9.17) is 0 Å². The van der Waals surface area contributed by atoms with Crippen LogP contribution in [0.15, 0.2) is 32.9 Å². The van der Waals surface area contributed by atoms with Gasteiger partial charge in [0.15, 0.2) is 5.03 Å².